The molecule has 42 heavy (non-hydrogen) atoms. The van der Waals surface area contributed by atoms with Crippen molar-refractivity contribution >= 4 is 50.0 Å². The number of methoxy groups -OCH3 is 1. The minimum atomic E-state index is -0.978. The standard InChI is InChI=1S/C32H22BrN3O6/c1-40-26-7-4-8-27-23(26)16-29(42-27)30-35-25-6-3-2-5-22(25)31(37)36(30)34-17-20-11-14-28(24(33)15-20)41-18-19-9-12-21(13-10-19)32(38)39/h2-17H,18H2,1H3,(H,38,39). The predicted octanol–water partition coefficient (Wildman–Crippen LogP) is 6.74. The van der Waals surface area contributed by atoms with Crippen LogP contribution in [-0.4, -0.2) is 34.1 Å². The van der Waals surface area contributed by atoms with Crippen molar-refractivity contribution in [3.05, 3.63) is 123 Å². The fourth-order valence-electron chi connectivity index (χ4n) is 4.46. The summed E-state index contributed by atoms with van der Waals surface area (Å²) in [6.45, 7) is 0.260. The molecule has 0 aliphatic rings. The third-order valence-corrected chi connectivity index (χ3v) is 7.21. The van der Waals surface area contributed by atoms with Gasteiger partial charge < -0.3 is 19.0 Å². The molecule has 0 amide bonds. The minimum Gasteiger partial charge on any atom is -0.496 e. The highest BCUT2D eigenvalue weighted by atomic mass is 79.9. The molecule has 6 rings (SSSR count). The maximum atomic E-state index is 13.6. The van der Waals surface area contributed by atoms with E-state index in [0.717, 1.165) is 10.9 Å². The zero-order valence-electron chi connectivity index (χ0n) is 22.2. The molecule has 2 aromatic heterocycles. The number of rotatable bonds is 8. The molecule has 0 aliphatic heterocycles. The van der Waals surface area contributed by atoms with Crippen LogP contribution in [0.15, 0.2) is 110 Å². The number of benzene rings is 4. The van der Waals surface area contributed by atoms with Crippen LogP contribution in [0.5, 0.6) is 11.5 Å². The van der Waals surface area contributed by atoms with Crippen molar-refractivity contribution in [2.45, 2.75) is 6.61 Å². The molecule has 0 bridgehead atoms. The zero-order chi connectivity index (χ0) is 29.2. The van der Waals surface area contributed by atoms with Gasteiger partial charge in [-0.3, -0.25) is 4.79 Å². The minimum absolute atomic E-state index is 0.215. The van der Waals surface area contributed by atoms with Gasteiger partial charge in [-0.05, 0) is 87.7 Å². The Morgan fingerprint density at radius 3 is 2.57 bits per heavy atom. The number of carbonyl (C=O) groups is 1. The maximum Gasteiger partial charge on any atom is 0.335 e. The van der Waals surface area contributed by atoms with Gasteiger partial charge in [-0.25, -0.2) is 9.78 Å². The summed E-state index contributed by atoms with van der Waals surface area (Å²) < 4.78 is 19.4. The maximum absolute atomic E-state index is 13.6. The average molecular weight is 624 g/mol. The van der Waals surface area contributed by atoms with E-state index in [-0.39, 0.29) is 23.6 Å². The highest BCUT2D eigenvalue weighted by Crippen LogP contribution is 2.33. The van der Waals surface area contributed by atoms with Crippen molar-refractivity contribution in [1.82, 2.24) is 9.66 Å². The largest absolute Gasteiger partial charge is 0.496 e. The second kappa shape index (κ2) is 11.3. The summed E-state index contributed by atoms with van der Waals surface area (Å²) in [5.74, 6) is 0.882. The zero-order valence-corrected chi connectivity index (χ0v) is 23.7. The van der Waals surface area contributed by atoms with Gasteiger partial charge in [0.15, 0.2) is 5.76 Å². The van der Waals surface area contributed by atoms with Crippen LogP contribution >= 0.6 is 15.9 Å². The van der Waals surface area contributed by atoms with E-state index in [1.807, 2.05) is 36.4 Å². The Balaban J connectivity index is 1.32. The first-order valence-electron chi connectivity index (χ1n) is 12.8. The fourth-order valence-corrected chi connectivity index (χ4v) is 4.97. The molecule has 0 unspecified atom stereocenters. The molecule has 1 N–H and O–H groups in total. The van der Waals surface area contributed by atoms with Gasteiger partial charge in [0, 0.05) is 0 Å². The van der Waals surface area contributed by atoms with E-state index in [1.54, 1.807) is 55.8 Å². The fraction of sp³-hybridized carbons (Fsp3) is 0.0625. The molecule has 2 heterocycles. The first kappa shape index (κ1) is 27.0. The van der Waals surface area contributed by atoms with E-state index in [4.69, 9.17) is 24.0 Å². The third kappa shape index (κ3) is 5.27. The molecule has 0 saturated heterocycles. The van der Waals surface area contributed by atoms with Crippen LogP contribution in [-0.2, 0) is 6.61 Å². The topological polar surface area (TPSA) is 116 Å². The number of ether oxygens (including phenoxy) is 2. The lowest BCUT2D eigenvalue weighted by Gasteiger charge is -2.10. The summed E-state index contributed by atoms with van der Waals surface area (Å²) in [4.78, 5) is 29.3. The SMILES string of the molecule is COc1cccc2oc(-c3nc4ccccc4c(=O)n3N=Cc3ccc(OCc4ccc(C(=O)O)cc4)c(Br)c3)cc12. The van der Waals surface area contributed by atoms with E-state index in [1.165, 1.54) is 16.8 Å². The number of para-hydroxylation sites is 1. The van der Waals surface area contributed by atoms with Crippen molar-refractivity contribution in [2.75, 3.05) is 7.11 Å². The summed E-state index contributed by atoms with van der Waals surface area (Å²) in [5, 5.41) is 14.8. The van der Waals surface area contributed by atoms with E-state index in [9.17, 15) is 9.59 Å². The first-order chi connectivity index (χ1) is 20.4. The molecule has 208 valence electrons. The van der Waals surface area contributed by atoms with E-state index < -0.39 is 5.97 Å². The van der Waals surface area contributed by atoms with Crippen molar-refractivity contribution in [2.24, 2.45) is 5.10 Å². The van der Waals surface area contributed by atoms with Gasteiger partial charge in [0.1, 0.15) is 23.7 Å². The van der Waals surface area contributed by atoms with Gasteiger partial charge in [0.05, 0.1) is 39.6 Å². The molecule has 9 nitrogen and oxygen atoms in total. The van der Waals surface area contributed by atoms with Gasteiger partial charge in [0.2, 0.25) is 5.82 Å². The number of carboxylic acid groups (broad SMARTS) is 1. The summed E-state index contributed by atoms with van der Waals surface area (Å²) in [6, 6.07) is 26.3. The summed E-state index contributed by atoms with van der Waals surface area (Å²) in [6.07, 6.45) is 1.56. The summed E-state index contributed by atoms with van der Waals surface area (Å²) >= 11 is 3.54. The smallest absolute Gasteiger partial charge is 0.335 e. The van der Waals surface area contributed by atoms with Crippen LogP contribution in [0.3, 0.4) is 0 Å². The van der Waals surface area contributed by atoms with Crippen LogP contribution in [0.2, 0.25) is 0 Å². The second-order valence-corrected chi connectivity index (χ2v) is 10.1. The molecule has 6 aromatic rings. The number of aromatic nitrogens is 2. The van der Waals surface area contributed by atoms with Gasteiger partial charge >= 0.3 is 5.97 Å². The van der Waals surface area contributed by atoms with Crippen LogP contribution < -0.4 is 15.0 Å². The van der Waals surface area contributed by atoms with Crippen molar-refractivity contribution in [3.63, 3.8) is 0 Å². The number of halogens is 1. The lowest BCUT2D eigenvalue weighted by molar-refractivity contribution is 0.0697. The molecule has 0 radical (unpaired) electrons. The summed E-state index contributed by atoms with van der Waals surface area (Å²) in [5.41, 5.74) is 2.53. The van der Waals surface area contributed by atoms with Crippen LogP contribution in [0.4, 0.5) is 0 Å². The number of aromatic carboxylic acids is 1. The summed E-state index contributed by atoms with van der Waals surface area (Å²) in [7, 11) is 1.59. The molecule has 10 heteroatoms. The van der Waals surface area contributed by atoms with Crippen molar-refractivity contribution in [3.8, 4) is 23.1 Å². The molecule has 0 aliphatic carbocycles. The van der Waals surface area contributed by atoms with E-state index in [0.29, 0.717) is 43.8 Å². The van der Waals surface area contributed by atoms with Gasteiger partial charge in [-0.15, -0.1) is 0 Å². The monoisotopic (exact) mass is 623 g/mol. The average Bonchev–Trinajstić information content (AvgIpc) is 3.45. The molecule has 0 fully saturated rings. The lowest BCUT2D eigenvalue weighted by atomic mass is 10.1. The highest BCUT2D eigenvalue weighted by molar-refractivity contribution is 9.10. The number of furan rings is 1. The first-order valence-corrected chi connectivity index (χ1v) is 13.6. The normalized spacial score (nSPS) is 11.4. The molecule has 0 atom stereocenters. The highest BCUT2D eigenvalue weighted by Gasteiger charge is 2.18. The number of fused-ring (bicyclic) bond motifs is 2. The van der Waals surface area contributed by atoms with Crippen LogP contribution in [0.1, 0.15) is 21.5 Å². The molecule has 4 aromatic carbocycles. The Morgan fingerprint density at radius 2 is 1.81 bits per heavy atom. The van der Waals surface area contributed by atoms with Gasteiger partial charge in [-0.2, -0.15) is 9.78 Å². The van der Waals surface area contributed by atoms with Crippen LogP contribution in [0, 0.1) is 0 Å². The van der Waals surface area contributed by atoms with Gasteiger partial charge in [-0.1, -0.05) is 30.3 Å². The third-order valence-electron chi connectivity index (χ3n) is 6.59. The molecule has 0 spiro atoms. The molecule has 0 saturated carbocycles. The Hall–Kier alpha value is -5.22. The van der Waals surface area contributed by atoms with Crippen molar-refractivity contribution < 1.29 is 23.8 Å². The Morgan fingerprint density at radius 1 is 1.00 bits per heavy atom. The number of hydrogen-bond donors (Lipinski definition) is 1. The number of nitrogens with zero attached hydrogens (tertiary/aromatic N) is 3. The molecular formula is C32H22BrN3O6. The lowest BCUT2D eigenvalue weighted by Crippen LogP contribution is -2.20. The number of carboxylic acids is 1. The quantitative estimate of drug-likeness (QED) is 0.187. The van der Waals surface area contributed by atoms with Gasteiger partial charge in [0.25, 0.3) is 5.56 Å². The van der Waals surface area contributed by atoms with E-state index in [2.05, 4.69) is 21.0 Å². The predicted molar refractivity (Wildman–Crippen MR) is 163 cm³/mol. The van der Waals surface area contributed by atoms with E-state index >= 15 is 0 Å². The van der Waals surface area contributed by atoms with Crippen molar-refractivity contribution in [1.29, 1.82) is 0 Å². The number of hydrogen-bond acceptors (Lipinski definition) is 7. The second-order valence-electron chi connectivity index (χ2n) is 9.28. The Bertz CT molecular complexity index is 2050. The Kier molecular flexibility index (Phi) is 7.28. The molecular weight excluding hydrogens is 602 g/mol. The van der Waals surface area contributed by atoms with Crippen LogP contribution in [0.25, 0.3) is 33.5 Å². The Labute approximate surface area is 247 Å².